The van der Waals surface area contributed by atoms with Crippen LogP contribution in [0.3, 0.4) is 0 Å². The van der Waals surface area contributed by atoms with Gasteiger partial charge in [-0.3, -0.25) is 4.79 Å². The fraction of sp³-hybridized carbons (Fsp3) is 0.357. The lowest BCUT2D eigenvalue weighted by Crippen LogP contribution is -2.07. The number of aryl methyl sites for hydroxylation is 1. The van der Waals surface area contributed by atoms with Crippen LogP contribution < -0.4 is 11.2 Å². The average molecular weight is 263 g/mol. The second kappa shape index (κ2) is 5.59. The lowest BCUT2D eigenvalue weighted by Gasteiger charge is -2.07. The van der Waals surface area contributed by atoms with Crippen LogP contribution in [-0.2, 0) is 6.42 Å². The third-order valence-corrected chi connectivity index (χ3v) is 3.50. The van der Waals surface area contributed by atoms with Gasteiger partial charge in [0.25, 0.3) is 0 Å². The summed E-state index contributed by atoms with van der Waals surface area (Å²) in [5.74, 6) is 0.881. The maximum atomic E-state index is 12.1. The Morgan fingerprint density at radius 1 is 1.33 bits per heavy atom. The highest BCUT2D eigenvalue weighted by Crippen LogP contribution is 2.24. The molecule has 1 aromatic carbocycles. The molecule has 1 aromatic heterocycles. The van der Waals surface area contributed by atoms with E-state index in [1.165, 1.54) is 11.8 Å². The zero-order valence-corrected chi connectivity index (χ0v) is 11.5. The fourth-order valence-corrected chi connectivity index (χ4v) is 2.64. The van der Waals surface area contributed by atoms with Crippen molar-refractivity contribution in [3.63, 3.8) is 0 Å². The highest BCUT2D eigenvalue weighted by molar-refractivity contribution is 7.99. The largest absolute Gasteiger partial charge is 0.449 e. The summed E-state index contributed by atoms with van der Waals surface area (Å²) < 4.78 is 5.83. The van der Waals surface area contributed by atoms with E-state index in [-0.39, 0.29) is 5.43 Å². The number of benzene rings is 1. The van der Waals surface area contributed by atoms with Crippen LogP contribution in [-0.4, -0.2) is 12.3 Å². The minimum Gasteiger partial charge on any atom is -0.449 e. The van der Waals surface area contributed by atoms with Gasteiger partial charge in [0.05, 0.1) is 5.39 Å². The zero-order valence-electron chi connectivity index (χ0n) is 10.7. The molecule has 96 valence electrons. The van der Waals surface area contributed by atoms with E-state index in [9.17, 15) is 4.79 Å². The van der Waals surface area contributed by atoms with Gasteiger partial charge in [-0.25, -0.2) is 0 Å². The average Bonchev–Trinajstić information content (AvgIpc) is 2.31. The molecule has 1 heterocycles. The van der Waals surface area contributed by atoms with Crippen molar-refractivity contribution in [3.8, 4) is 0 Å². The van der Waals surface area contributed by atoms with Crippen LogP contribution in [0, 0.1) is 6.92 Å². The molecular weight excluding hydrogens is 246 g/mol. The summed E-state index contributed by atoms with van der Waals surface area (Å²) in [6.45, 7) is 4.56. The predicted molar refractivity (Wildman–Crippen MR) is 76.4 cm³/mol. The van der Waals surface area contributed by atoms with Gasteiger partial charge >= 0.3 is 0 Å². The summed E-state index contributed by atoms with van der Waals surface area (Å²) in [5, 5.41) is 1.33. The quantitative estimate of drug-likeness (QED) is 0.862. The Kier molecular flexibility index (Phi) is 4.09. The number of thioether (sulfide) groups is 1. The van der Waals surface area contributed by atoms with Gasteiger partial charge in [-0.05, 0) is 42.8 Å². The Morgan fingerprint density at radius 2 is 2.11 bits per heavy atom. The van der Waals surface area contributed by atoms with Crippen LogP contribution in [0.25, 0.3) is 11.0 Å². The molecule has 0 aliphatic carbocycles. The van der Waals surface area contributed by atoms with E-state index in [4.69, 9.17) is 10.2 Å². The lowest BCUT2D eigenvalue weighted by atomic mass is 10.0. The minimum absolute atomic E-state index is 0.0224. The Morgan fingerprint density at radius 3 is 2.78 bits per heavy atom. The first-order valence-corrected chi connectivity index (χ1v) is 7.04. The van der Waals surface area contributed by atoms with Gasteiger partial charge in [0.15, 0.2) is 10.5 Å². The number of nitrogens with two attached hydrogens (primary N) is 1. The Hall–Kier alpha value is -1.26. The second-order valence-electron chi connectivity index (χ2n) is 4.20. The van der Waals surface area contributed by atoms with Crippen molar-refractivity contribution in [1.82, 2.24) is 0 Å². The summed E-state index contributed by atoms with van der Waals surface area (Å²) in [5.41, 5.74) is 8.40. The zero-order chi connectivity index (χ0) is 13.1. The molecule has 0 spiro atoms. The SMILES string of the molecule is CCSc1cc(=O)c2cc(C)cc(CCN)c2o1. The summed E-state index contributed by atoms with van der Waals surface area (Å²) in [6.07, 6.45) is 0.724. The van der Waals surface area contributed by atoms with E-state index < -0.39 is 0 Å². The molecule has 4 heteroatoms. The third-order valence-electron chi connectivity index (χ3n) is 2.73. The fourth-order valence-electron chi connectivity index (χ4n) is 2.02. The van der Waals surface area contributed by atoms with Crippen molar-refractivity contribution < 1.29 is 4.42 Å². The van der Waals surface area contributed by atoms with Crippen LogP contribution in [0.2, 0.25) is 0 Å². The van der Waals surface area contributed by atoms with Gasteiger partial charge in [0.1, 0.15) is 5.58 Å². The molecule has 0 atom stereocenters. The molecule has 0 unspecified atom stereocenters. The van der Waals surface area contributed by atoms with Crippen LogP contribution >= 0.6 is 11.8 Å². The molecule has 0 aliphatic rings. The lowest BCUT2D eigenvalue weighted by molar-refractivity contribution is 0.496. The number of hydrogen-bond donors (Lipinski definition) is 1. The number of rotatable bonds is 4. The highest BCUT2D eigenvalue weighted by atomic mass is 32.2. The first kappa shape index (κ1) is 13.2. The third kappa shape index (κ3) is 2.60. The molecule has 2 aromatic rings. The number of fused-ring (bicyclic) bond motifs is 1. The molecule has 0 radical (unpaired) electrons. The normalized spacial score (nSPS) is 11.1. The molecule has 2 rings (SSSR count). The van der Waals surface area contributed by atoms with Crippen LogP contribution in [0.4, 0.5) is 0 Å². The van der Waals surface area contributed by atoms with Crippen molar-refractivity contribution in [2.24, 2.45) is 5.73 Å². The minimum atomic E-state index is 0.0224. The predicted octanol–water partition coefficient (Wildman–Crippen LogP) is 2.71. The van der Waals surface area contributed by atoms with Crippen molar-refractivity contribution in [2.75, 3.05) is 12.3 Å². The first-order chi connectivity index (χ1) is 8.65. The van der Waals surface area contributed by atoms with Gasteiger partial charge < -0.3 is 10.2 Å². The van der Waals surface area contributed by atoms with Crippen molar-refractivity contribution in [2.45, 2.75) is 25.4 Å². The maximum Gasteiger partial charge on any atom is 0.193 e. The second-order valence-corrected chi connectivity index (χ2v) is 5.47. The highest BCUT2D eigenvalue weighted by Gasteiger charge is 2.10. The molecule has 0 amide bonds. The summed E-state index contributed by atoms with van der Waals surface area (Å²) in [4.78, 5) is 12.1. The molecule has 0 fully saturated rings. The molecule has 0 saturated carbocycles. The van der Waals surface area contributed by atoms with Gasteiger partial charge in [-0.1, -0.05) is 24.8 Å². The van der Waals surface area contributed by atoms with Crippen LogP contribution in [0.15, 0.2) is 32.5 Å². The molecule has 3 nitrogen and oxygen atoms in total. The monoisotopic (exact) mass is 263 g/mol. The molecule has 0 saturated heterocycles. The Labute approximate surface area is 110 Å². The van der Waals surface area contributed by atoms with E-state index in [1.807, 2.05) is 26.0 Å². The van der Waals surface area contributed by atoms with E-state index in [0.29, 0.717) is 22.6 Å². The van der Waals surface area contributed by atoms with E-state index >= 15 is 0 Å². The molecule has 0 bridgehead atoms. The van der Waals surface area contributed by atoms with Crippen molar-refractivity contribution in [3.05, 3.63) is 39.5 Å². The molecule has 0 aliphatic heterocycles. The number of hydrogen-bond acceptors (Lipinski definition) is 4. The molecule has 2 N–H and O–H groups in total. The van der Waals surface area contributed by atoms with E-state index in [2.05, 4.69) is 0 Å². The summed E-state index contributed by atoms with van der Waals surface area (Å²) in [6, 6.07) is 5.49. The van der Waals surface area contributed by atoms with Crippen molar-refractivity contribution >= 4 is 22.7 Å². The van der Waals surface area contributed by atoms with Crippen LogP contribution in [0.5, 0.6) is 0 Å². The Bertz CT molecular complexity index is 619. The Balaban J connectivity index is 2.71. The van der Waals surface area contributed by atoms with Gasteiger partial charge in [0.2, 0.25) is 0 Å². The van der Waals surface area contributed by atoms with E-state index in [0.717, 1.165) is 23.3 Å². The van der Waals surface area contributed by atoms with E-state index in [1.54, 1.807) is 6.07 Å². The van der Waals surface area contributed by atoms with Crippen molar-refractivity contribution in [1.29, 1.82) is 0 Å². The molecular formula is C14H17NO2S. The van der Waals surface area contributed by atoms with Gasteiger partial charge in [-0.15, -0.1) is 0 Å². The van der Waals surface area contributed by atoms with Crippen LogP contribution in [0.1, 0.15) is 18.1 Å². The first-order valence-electron chi connectivity index (χ1n) is 6.06. The maximum absolute atomic E-state index is 12.1. The van der Waals surface area contributed by atoms with Gasteiger partial charge in [0, 0.05) is 6.07 Å². The topological polar surface area (TPSA) is 56.2 Å². The van der Waals surface area contributed by atoms with Gasteiger partial charge in [-0.2, -0.15) is 0 Å². The standard InChI is InChI=1S/C14H17NO2S/c1-3-18-13-8-12(16)11-7-9(2)6-10(4-5-15)14(11)17-13/h6-8H,3-5,15H2,1-2H3. The summed E-state index contributed by atoms with van der Waals surface area (Å²) in [7, 11) is 0. The molecule has 18 heavy (non-hydrogen) atoms. The smallest absolute Gasteiger partial charge is 0.193 e. The summed E-state index contributed by atoms with van der Waals surface area (Å²) >= 11 is 1.54.